The molecule has 24 heavy (non-hydrogen) atoms. The Morgan fingerprint density at radius 1 is 1.21 bits per heavy atom. The highest BCUT2D eigenvalue weighted by molar-refractivity contribution is 5.98. The highest BCUT2D eigenvalue weighted by Gasteiger charge is 2.30. The predicted molar refractivity (Wildman–Crippen MR) is 88.9 cm³/mol. The van der Waals surface area contributed by atoms with Crippen LogP contribution in [0.1, 0.15) is 27.6 Å². The van der Waals surface area contributed by atoms with Gasteiger partial charge in [0, 0.05) is 12.1 Å². The van der Waals surface area contributed by atoms with Crippen LogP contribution in [0.4, 0.5) is 5.69 Å². The number of nitrogens with zero attached hydrogens (tertiary/aromatic N) is 2. The number of nitro groups is 1. The average molecular weight is 326 g/mol. The zero-order chi connectivity index (χ0) is 17.1. The Morgan fingerprint density at radius 2 is 1.96 bits per heavy atom. The van der Waals surface area contributed by atoms with E-state index < -0.39 is 4.92 Å². The third-order valence-electron chi connectivity index (χ3n) is 4.18. The smallest absolute Gasteiger partial charge is 0.285 e. The van der Waals surface area contributed by atoms with E-state index in [0.29, 0.717) is 25.3 Å². The van der Waals surface area contributed by atoms with Crippen LogP contribution in [0.15, 0.2) is 48.5 Å². The van der Waals surface area contributed by atoms with Crippen LogP contribution in [0.2, 0.25) is 0 Å². The van der Waals surface area contributed by atoms with Crippen LogP contribution in [-0.2, 0) is 4.74 Å². The number of para-hydroxylation sites is 1. The van der Waals surface area contributed by atoms with Crippen molar-refractivity contribution in [1.82, 2.24) is 4.90 Å². The minimum absolute atomic E-state index is 0.120. The van der Waals surface area contributed by atoms with Crippen molar-refractivity contribution in [1.29, 1.82) is 0 Å². The largest absolute Gasteiger partial charge is 0.370 e. The fourth-order valence-electron chi connectivity index (χ4n) is 2.95. The van der Waals surface area contributed by atoms with Gasteiger partial charge in [0.05, 0.1) is 18.1 Å². The molecular formula is C18H18N2O4. The van der Waals surface area contributed by atoms with E-state index in [2.05, 4.69) is 0 Å². The maximum Gasteiger partial charge on any atom is 0.285 e. The van der Waals surface area contributed by atoms with Crippen molar-refractivity contribution in [3.63, 3.8) is 0 Å². The fraction of sp³-hybridized carbons (Fsp3) is 0.278. The van der Waals surface area contributed by atoms with Gasteiger partial charge in [-0.2, -0.15) is 0 Å². The molecule has 1 aliphatic heterocycles. The van der Waals surface area contributed by atoms with Crippen molar-refractivity contribution < 1.29 is 14.5 Å². The number of carbonyl (C=O) groups is 1. The van der Waals surface area contributed by atoms with E-state index in [1.807, 2.05) is 30.3 Å². The molecule has 1 aliphatic rings. The number of nitro benzene ring substituents is 1. The maximum absolute atomic E-state index is 12.8. The van der Waals surface area contributed by atoms with Gasteiger partial charge in [-0.1, -0.05) is 42.5 Å². The van der Waals surface area contributed by atoms with Crippen molar-refractivity contribution in [2.75, 3.05) is 19.7 Å². The first-order valence-electron chi connectivity index (χ1n) is 7.77. The summed E-state index contributed by atoms with van der Waals surface area (Å²) in [5.41, 5.74) is 1.49. The fourth-order valence-corrected chi connectivity index (χ4v) is 2.95. The SMILES string of the molecule is Cc1cccc(C(=O)N2CCO[C@@H](c3ccccc3)C2)c1[N+](=O)[O-]. The summed E-state index contributed by atoms with van der Waals surface area (Å²) in [6.45, 7) is 2.85. The molecule has 1 amide bonds. The Hall–Kier alpha value is -2.73. The van der Waals surface area contributed by atoms with Gasteiger partial charge >= 0.3 is 0 Å². The second-order valence-corrected chi connectivity index (χ2v) is 5.75. The molecule has 2 aromatic carbocycles. The van der Waals surface area contributed by atoms with Crippen LogP contribution in [-0.4, -0.2) is 35.4 Å². The summed E-state index contributed by atoms with van der Waals surface area (Å²) < 4.78 is 5.75. The summed E-state index contributed by atoms with van der Waals surface area (Å²) in [7, 11) is 0. The van der Waals surface area contributed by atoms with Gasteiger partial charge < -0.3 is 9.64 Å². The van der Waals surface area contributed by atoms with E-state index in [0.717, 1.165) is 5.56 Å². The van der Waals surface area contributed by atoms with Crippen LogP contribution in [0.3, 0.4) is 0 Å². The summed E-state index contributed by atoms with van der Waals surface area (Å²) in [5.74, 6) is -0.324. The van der Waals surface area contributed by atoms with Crippen molar-refractivity contribution >= 4 is 11.6 Å². The Labute approximate surface area is 139 Å². The molecule has 0 spiro atoms. The topological polar surface area (TPSA) is 72.7 Å². The minimum Gasteiger partial charge on any atom is -0.370 e. The third kappa shape index (κ3) is 3.14. The molecule has 2 aromatic rings. The lowest BCUT2D eigenvalue weighted by atomic mass is 10.0. The Kier molecular flexibility index (Phi) is 4.57. The molecule has 1 saturated heterocycles. The van der Waals surface area contributed by atoms with Gasteiger partial charge in [0.2, 0.25) is 0 Å². The van der Waals surface area contributed by atoms with Crippen LogP contribution in [0.5, 0.6) is 0 Å². The summed E-state index contributed by atoms with van der Waals surface area (Å²) in [6.07, 6.45) is -0.215. The Balaban J connectivity index is 1.86. The molecule has 1 heterocycles. The summed E-state index contributed by atoms with van der Waals surface area (Å²) >= 11 is 0. The standard InChI is InChI=1S/C18H18N2O4/c1-13-6-5-9-15(17(13)20(22)23)18(21)19-10-11-24-16(12-19)14-7-3-2-4-8-14/h2-9,16H,10-12H2,1H3/t16-/m1/s1. The normalized spacial score (nSPS) is 17.5. The molecule has 0 N–H and O–H groups in total. The molecule has 0 unspecified atom stereocenters. The Bertz CT molecular complexity index is 761. The number of amides is 1. The number of ether oxygens (including phenoxy) is 1. The first-order valence-corrected chi connectivity index (χ1v) is 7.77. The highest BCUT2D eigenvalue weighted by atomic mass is 16.6. The van der Waals surface area contributed by atoms with E-state index in [9.17, 15) is 14.9 Å². The van der Waals surface area contributed by atoms with Crippen molar-refractivity contribution in [2.24, 2.45) is 0 Å². The van der Waals surface area contributed by atoms with E-state index >= 15 is 0 Å². The number of carbonyl (C=O) groups excluding carboxylic acids is 1. The molecule has 0 saturated carbocycles. The van der Waals surface area contributed by atoms with Gasteiger partial charge in [-0.15, -0.1) is 0 Å². The molecule has 3 rings (SSSR count). The number of hydrogen-bond donors (Lipinski definition) is 0. The van der Waals surface area contributed by atoms with E-state index in [4.69, 9.17) is 4.74 Å². The summed E-state index contributed by atoms with van der Waals surface area (Å²) in [6, 6.07) is 14.5. The quantitative estimate of drug-likeness (QED) is 0.642. The summed E-state index contributed by atoms with van der Waals surface area (Å²) in [4.78, 5) is 25.3. The number of rotatable bonds is 3. The Morgan fingerprint density at radius 3 is 2.67 bits per heavy atom. The number of hydrogen-bond acceptors (Lipinski definition) is 4. The second-order valence-electron chi connectivity index (χ2n) is 5.75. The molecule has 1 fully saturated rings. The van der Waals surface area contributed by atoms with Gasteiger partial charge in [0.15, 0.2) is 0 Å². The van der Waals surface area contributed by atoms with Gasteiger partial charge in [0.25, 0.3) is 11.6 Å². The van der Waals surface area contributed by atoms with Gasteiger partial charge in [0.1, 0.15) is 11.7 Å². The molecule has 0 aliphatic carbocycles. The maximum atomic E-state index is 12.8. The molecule has 6 nitrogen and oxygen atoms in total. The molecule has 0 aromatic heterocycles. The van der Waals surface area contributed by atoms with Crippen LogP contribution < -0.4 is 0 Å². The zero-order valence-corrected chi connectivity index (χ0v) is 13.3. The first-order chi connectivity index (χ1) is 11.6. The van der Waals surface area contributed by atoms with Crippen molar-refractivity contribution in [3.05, 3.63) is 75.3 Å². The third-order valence-corrected chi connectivity index (χ3v) is 4.18. The van der Waals surface area contributed by atoms with Gasteiger partial charge in [-0.25, -0.2) is 0 Å². The number of benzene rings is 2. The lowest BCUT2D eigenvalue weighted by Gasteiger charge is -2.33. The van der Waals surface area contributed by atoms with E-state index in [1.54, 1.807) is 24.0 Å². The lowest BCUT2D eigenvalue weighted by molar-refractivity contribution is -0.385. The van der Waals surface area contributed by atoms with Crippen molar-refractivity contribution in [2.45, 2.75) is 13.0 Å². The zero-order valence-electron chi connectivity index (χ0n) is 13.3. The molecule has 6 heteroatoms. The first kappa shape index (κ1) is 16.1. The van der Waals surface area contributed by atoms with Gasteiger partial charge in [-0.05, 0) is 18.6 Å². The minimum atomic E-state index is -0.488. The second kappa shape index (κ2) is 6.80. The molecular weight excluding hydrogens is 308 g/mol. The van der Waals surface area contributed by atoms with Crippen molar-refractivity contribution in [3.8, 4) is 0 Å². The average Bonchev–Trinajstić information content (AvgIpc) is 2.61. The summed E-state index contributed by atoms with van der Waals surface area (Å²) in [5, 5.41) is 11.3. The van der Waals surface area contributed by atoms with Crippen LogP contribution in [0.25, 0.3) is 0 Å². The monoisotopic (exact) mass is 326 g/mol. The molecule has 124 valence electrons. The van der Waals surface area contributed by atoms with Crippen LogP contribution >= 0.6 is 0 Å². The number of aryl methyl sites for hydroxylation is 1. The van der Waals surface area contributed by atoms with Crippen LogP contribution in [0, 0.1) is 17.0 Å². The lowest BCUT2D eigenvalue weighted by Crippen LogP contribution is -2.42. The van der Waals surface area contributed by atoms with Gasteiger partial charge in [-0.3, -0.25) is 14.9 Å². The van der Waals surface area contributed by atoms with E-state index in [1.165, 1.54) is 6.07 Å². The van der Waals surface area contributed by atoms with E-state index in [-0.39, 0.29) is 23.3 Å². The molecule has 1 atom stereocenters. The molecule has 0 radical (unpaired) electrons. The number of morpholine rings is 1. The predicted octanol–water partition coefficient (Wildman–Crippen LogP) is 3.12. The molecule has 0 bridgehead atoms. The highest BCUT2D eigenvalue weighted by Crippen LogP contribution is 2.27.